The van der Waals surface area contributed by atoms with Crippen molar-refractivity contribution in [1.82, 2.24) is 5.32 Å². The number of anilines is 1. The van der Waals surface area contributed by atoms with Crippen LogP contribution in [0.5, 0.6) is 11.5 Å². The van der Waals surface area contributed by atoms with Crippen LogP contribution in [0.25, 0.3) is 0 Å². The predicted octanol–water partition coefficient (Wildman–Crippen LogP) is 3.22. The van der Waals surface area contributed by atoms with Crippen LogP contribution < -0.4 is 19.7 Å². The summed E-state index contributed by atoms with van der Waals surface area (Å²) in [4.78, 5) is 42.8. The van der Waals surface area contributed by atoms with Crippen LogP contribution in [0.4, 0.5) is 5.69 Å². The molecule has 36 heavy (non-hydrogen) atoms. The maximum absolute atomic E-state index is 14.0. The van der Waals surface area contributed by atoms with Gasteiger partial charge in [0.2, 0.25) is 11.8 Å². The van der Waals surface area contributed by atoms with Crippen molar-refractivity contribution in [3.8, 4) is 11.5 Å². The first-order valence-electron chi connectivity index (χ1n) is 11.5. The van der Waals surface area contributed by atoms with Gasteiger partial charge in [-0.3, -0.25) is 14.9 Å². The van der Waals surface area contributed by atoms with Gasteiger partial charge in [0.15, 0.2) is 5.54 Å². The number of para-hydroxylation sites is 1. The maximum atomic E-state index is 14.0. The first kappa shape index (κ1) is 23.6. The summed E-state index contributed by atoms with van der Waals surface area (Å²) in [6, 6.07) is 22.2. The van der Waals surface area contributed by atoms with Crippen molar-refractivity contribution in [3.05, 3.63) is 90.0 Å². The quantitative estimate of drug-likeness (QED) is 0.422. The van der Waals surface area contributed by atoms with Gasteiger partial charge in [0.1, 0.15) is 11.5 Å². The summed E-state index contributed by atoms with van der Waals surface area (Å²) in [5.41, 5.74) is 0.0326. The molecule has 0 unspecified atom stereocenters. The van der Waals surface area contributed by atoms with E-state index in [4.69, 9.17) is 14.2 Å². The third kappa shape index (κ3) is 3.37. The molecular formula is C28H26N2O6. The molecule has 5 rings (SSSR count). The Balaban J connectivity index is 1.75. The average molecular weight is 487 g/mol. The fourth-order valence-electron chi connectivity index (χ4n) is 5.51. The standard InChI is InChI=1S/C28H26N2O6/c1-34-19-14-15-20(21(16-19)35-2)24-22-23(26(32)30(25(22)31)18-12-8-5-9-13-18)28(29-24,27(33)36-3)17-10-6-4-7-11-17/h4-16,22-24,29H,1-3H3/t22-,23-,24+,28+/m0/s1. The fourth-order valence-corrected chi connectivity index (χ4v) is 5.51. The van der Waals surface area contributed by atoms with E-state index in [9.17, 15) is 14.4 Å². The van der Waals surface area contributed by atoms with Crippen molar-refractivity contribution >= 4 is 23.5 Å². The number of benzene rings is 3. The van der Waals surface area contributed by atoms with Gasteiger partial charge in [-0.1, -0.05) is 54.6 Å². The molecule has 2 amide bonds. The van der Waals surface area contributed by atoms with Crippen LogP contribution in [-0.4, -0.2) is 39.1 Å². The SMILES string of the molecule is COC(=O)[C@]1(c2ccccc2)N[C@H](c2ccc(OC)cc2OC)[C@H]2C(=O)N(c3ccccc3)C(=O)[C@H]21. The van der Waals surface area contributed by atoms with E-state index in [1.54, 1.807) is 73.8 Å². The molecule has 0 radical (unpaired) electrons. The summed E-state index contributed by atoms with van der Waals surface area (Å²) >= 11 is 0. The summed E-state index contributed by atoms with van der Waals surface area (Å²) in [5.74, 6) is -2.39. The van der Waals surface area contributed by atoms with Crippen molar-refractivity contribution in [1.29, 1.82) is 0 Å². The number of hydrogen-bond donors (Lipinski definition) is 1. The van der Waals surface area contributed by atoms with Gasteiger partial charge in [-0.05, 0) is 23.8 Å². The average Bonchev–Trinajstić information content (AvgIpc) is 3.42. The lowest BCUT2D eigenvalue weighted by Crippen LogP contribution is -2.53. The second-order valence-electron chi connectivity index (χ2n) is 8.75. The molecule has 8 heteroatoms. The molecule has 8 nitrogen and oxygen atoms in total. The molecule has 0 saturated carbocycles. The molecule has 1 N–H and O–H groups in total. The normalized spacial score (nSPS) is 25.0. The number of esters is 1. The Morgan fingerprint density at radius 3 is 2.14 bits per heavy atom. The Bertz CT molecular complexity index is 1310. The first-order chi connectivity index (χ1) is 17.5. The molecule has 2 fully saturated rings. The second kappa shape index (κ2) is 9.13. The van der Waals surface area contributed by atoms with Crippen molar-refractivity contribution in [3.63, 3.8) is 0 Å². The molecule has 0 aromatic heterocycles. The summed E-state index contributed by atoms with van der Waals surface area (Å²) < 4.78 is 16.2. The van der Waals surface area contributed by atoms with Gasteiger partial charge in [0.05, 0.1) is 38.9 Å². The fraction of sp³-hybridized carbons (Fsp3) is 0.250. The Morgan fingerprint density at radius 1 is 0.861 bits per heavy atom. The van der Waals surface area contributed by atoms with E-state index in [1.807, 2.05) is 12.1 Å². The third-order valence-corrected chi connectivity index (χ3v) is 7.09. The van der Waals surface area contributed by atoms with Crippen molar-refractivity contribution in [2.24, 2.45) is 11.8 Å². The van der Waals surface area contributed by atoms with Crippen LogP contribution in [-0.2, 0) is 24.7 Å². The zero-order valence-electron chi connectivity index (χ0n) is 20.1. The molecule has 184 valence electrons. The Hall–Kier alpha value is -4.17. The van der Waals surface area contributed by atoms with Crippen LogP contribution in [0, 0.1) is 11.8 Å². The zero-order chi connectivity index (χ0) is 25.4. The number of hydrogen-bond acceptors (Lipinski definition) is 7. The van der Waals surface area contributed by atoms with E-state index in [2.05, 4.69) is 5.32 Å². The van der Waals surface area contributed by atoms with Crippen molar-refractivity contribution in [2.75, 3.05) is 26.2 Å². The zero-order valence-corrected chi connectivity index (χ0v) is 20.1. The number of fused-ring (bicyclic) bond motifs is 1. The molecule has 0 spiro atoms. The number of imide groups is 1. The van der Waals surface area contributed by atoms with E-state index >= 15 is 0 Å². The smallest absolute Gasteiger partial charge is 0.331 e. The Labute approximate surface area is 208 Å². The lowest BCUT2D eigenvalue weighted by atomic mass is 9.75. The maximum Gasteiger partial charge on any atom is 0.331 e. The first-order valence-corrected chi connectivity index (χ1v) is 11.5. The number of rotatable bonds is 6. The lowest BCUT2D eigenvalue weighted by molar-refractivity contribution is -0.152. The number of nitrogens with one attached hydrogen (secondary N) is 1. The molecule has 0 aliphatic carbocycles. The highest BCUT2D eigenvalue weighted by atomic mass is 16.5. The minimum absolute atomic E-state index is 0.395. The van der Waals surface area contributed by atoms with Gasteiger partial charge in [-0.2, -0.15) is 0 Å². The van der Waals surface area contributed by atoms with Gasteiger partial charge in [0, 0.05) is 17.7 Å². The number of amides is 2. The van der Waals surface area contributed by atoms with Gasteiger partial charge in [-0.25, -0.2) is 9.69 Å². The van der Waals surface area contributed by atoms with Gasteiger partial charge < -0.3 is 14.2 Å². The second-order valence-corrected chi connectivity index (χ2v) is 8.75. The highest BCUT2D eigenvalue weighted by Crippen LogP contribution is 2.55. The monoisotopic (exact) mass is 486 g/mol. The number of carbonyl (C=O) groups excluding carboxylic acids is 3. The number of nitrogens with zero attached hydrogens (tertiary/aromatic N) is 1. The minimum Gasteiger partial charge on any atom is -0.497 e. The molecule has 2 heterocycles. The highest BCUT2D eigenvalue weighted by molar-refractivity contribution is 6.24. The van der Waals surface area contributed by atoms with Crippen LogP contribution >= 0.6 is 0 Å². The molecule has 3 aromatic rings. The van der Waals surface area contributed by atoms with E-state index < -0.39 is 41.2 Å². The van der Waals surface area contributed by atoms with Crippen LogP contribution in [0.1, 0.15) is 17.2 Å². The summed E-state index contributed by atoms with van der Waals surface area (Å²) in [6.07, 6.45) is 0. The summed E-state index contributed by atoms with van der Waals surface area (Å²) in [5, 5.41) is 3.37. The molecule has 3 aromatic carbocycles. The van der Waals surface area contributed by atoms with E-state index in [0.29, 0.717) is 28.3 Å². The number of ether oxygens (including phenoxy) is 3. The van der Waals surface area contributed by atoms with E-state index in [0.717, 1.165) is 0 Å². The lowest BCUT2D eigenvalue weighted by Gasteiger charge is -2.33. The Kier molecular flexibility index (Phi) is 5.97. The molecule has 2 aliphatic rings. The number of methoxy groups -OCH3 is 3. The van der Waals surface area contributed by atoms with E-state index in [1.165, 1.54) is 19.1 Å². The third-order valence-electron chi connectivity index (χ3n) is 7.09. The van der Waals surface area contributed by atoms with Crippen molar-refractivity contribution < 1.29 is 28.6 Å². The molecule has 2 aliphatic heterocycles. The molecule has 0 bridgehead atoms. The van der Waals surface area contributed by atoms with Crippen LogP contribution in [0.15, 0.2) is 78.9 Å². The summed E-state index contributed by atoms with van der Waals surface area (Å²) in [6.45, 7) is 0. The molecule has 2 saturated heterocycles. The number of carbonyl (C=O) groups is 3. The predicted molar refractivity (Wildman–Crippen MR) is 131 cm³/mol. The highest BCUT2D eigenvalue weighted by Gasteiger charge is 2.70. The topological polar surface area (TPSA) is 94.2 Å². The minimum atomic E-state index is -1.59. The van der Waals surface area contributed by atoms with Crippen LogP contribution in [0.2, 0.25) is 0 Å². The Morgan fingerprint density at radius 2 is 1.53 bits per heavy atom. The van der Waals surface area contributed by atoms with Crippen LogP contribution in [0.3, 0.4) is 0 Å². The van der Waals surface area contributed by atoms with Gasteiger partial charge in [0.25, 0.3) is 0 Å². The molecular weight excluding hydrogens is 460 g/mol. The largest absolute Gasteiger partial charge is 0.497 e. The van der Waals surface area contributed by atoms with Gasteiger partial charge >= 0.3 is 5.97 Å². The van der Waals surface area contributed by atoms with Gasteiger partial charge in [-0.15, -0.1) is 0 Å². The van der Waals surface area contributed by atoms with E-state index in [-0.39, 0.29) is 0 Å². The summed E-state index contributed by atoms with van der Waals surface area (Å²) in [7, 11) is 4.35. The van der Waals surface area contributed by atoms with Crippen molar-refractivity contribution in [2.45, 2.75) is 11.6 Å². The molecule has 4 atom stereocenters.